The van der Waals surface area contributed by atoms with Crippen LogP contribution in [-0.4, -0.2) is 73.2 Å². The lowest BCUT2D eigenvalue weighted by atomic mass is 10.0. The van der Waals surface area contributed by atoms with Crippen LogP contribution in [0.1, 0.15) is 27.2 Å². The van der Waals surface area contributed by atoms with E-state index in [-0.39, 0.29) is 5.91 Å². The van der Waals surface area contributed by atoms with E-state index in [9.17, 15) is 4.79 Å². The fraction of sp³-hybridized carbons (Fsp3) is 0.929. The lowest BCUT2D eigenvalue weighted by molar-refractivity contribution is -0.136. The summed E-state index contributed by atoms with van der Waals surface area (Å²) >= 11 is 0. The van der Waals surface area contributed by atoms with Crippen LogP contribution in [0.15, 0.2) is 0 Å². The molecule has 5 heteroatoms. The summed E-state index contributed by atoms with van der Waals surface area (Å²) in [6.45, 7) is 12.4. The molecule has 0 aromatic carbocycles. The molecule has 1 amide bonds. The minimum absolute atomic E-state index is 0.227. The summed E-state index contributed by atoms with van der Waals surface area (Å²) < 4.78 is 5.35. The Morgan fingerprint density at radius 1 is 1.26 bits per heavy atom. The van der Waals surface area contributed by atoms with Crippen LogP contribution >= 0.6 is 0 Å². The topological polar surface area (TPSA) is 44.8 Å². The Hall–Kier alpha value is -0.650. The summed E-state index contributed by atoms with van der Waals surface area (Å²) in [4.78, 5) is 16.9. The largest absolute Gasteiger partial charge is 0.379 e. The minimum Gasteiger partial charge on any atom is -0.379 e. The van der Waals surface area contributed by atoms with Crippen molar-refractivity contribution >= 4 is 5.91 Å². The van der Waals surface area contributed by atoms with E-state index in [1.165, 1.54) is 0 Å². The zero-order chi connectivity index (χ0) is 13.9. The minimum atomic E-state index is -0.444. The first-order valence-electron chi connectivity index (χ1n) is 7.36. The highest BCUT2D eigenvalue weighted by molar-refractivity contribution is 5.85. The van der Waals surface area contributed by atoms with E-state index in [1.807, 2.05) is 18.7 Å². The van der Waals surface area contributed by atoms with E-state index < -0.39 is 5.54 Å². The second kappa shape index (κ2) is 6.20. The van der Waals surface area contributed by atoms with Gasteiger partial charge in [0.25, 0.3) is 0 Å². The third-order valence-corrected chi connectivity index (χ3v) is 4.05. The third-order valence-electron chi connectivity index (χ3n) is 4.05. The van der Waals surface area contributed by atoms with E-state index in [1.54, 1.807) is 0 Å². The predicted octanol–water partition coefficient (Wildman–Crippen LogP) is 0.308. The van der Waals surface area contributed by atoms with E-state index >= 15 is 0 Å². The maximum absolute atomic E-state index is 12.5. The monoisotopic (exact) mass is 269 g/mol. The summed E-state index contributed by atoms with van der Waals surface area (Å²) in [5.74, 6) is 0.227. The van der Waals surface area contributed by atoms with Gasteiger partial charge in [0, 0.05) is 38.8 Å². The normalized spacial score (nSPS) is 29.3. The summed E-state index contributed by atoms with van der Waals surface area (Å²) in [5, 5.41) is 3.41. The molecule has 1 atom stereocenters. The van der Waals surface area contributed by atoms with E-state index in [2.05, 4.69) is 17.1 Å². The number of amides is 1. The van der Waals surface area contributed by atoms with Crippen molar-refractivity contribution in [1.82, 2.24) is 15.1 Å². The standard InChI is InChI=1S/C14H27N3O2/c1-12-4-5-17(13(18)14(2,3)15-12)7-6-16-8-10-19-11-9-16/h12,15H,4-11H2,1-3H3. The quantitative estimate of drug-likeness (QED) is 0.801. The van der Waals surface area contributed by atoms with Gasteiger partial charge in [0.05, 0.1) is 18.8 Å². The van der Waals surface area contributed by atoms with Crippen molar-refractivity contribution in [2.75, 3.05) is 45.9 Å². The second-order valence-corrected chi connectivity index (χ2v) is 6.21. The first kappa shape index (κ1) is 14.8. The fourth-order valence-corrected chi connectivity index (χ4v) is 2.90. The van der Waals surface area contributed by atoms with Crippen molar-refractivity contribution in [1.29, 1.82) is 0 Å². The first-order chi connectivity index (χ1) is 8.99. The van der Waals surface area contributed by atoms with Crippen LogP contribution in [0.5, 0.6) is 0 Å². The SMILES string of the molecule is CC1CCN(CCN2CCOCC2)C(=O)C(C)(C)N1. The van der Waals surface area contributed by atoms with Crippen LogP contribution in [0.25, 0.3) is 0 Å². The molecule has 110 valence electrons. The molecule has 0 aromatic heterocycles. The second-order valence-electron chi connectivity index (χ2n) is 6.21. The van der Waals surface area contributed by atoms with Crippen molar-refractivity contribution in [3.63, 3.8) is 0 Å². The molecule has 0 aromatic rings. The summed E-state index contributed by atoms with van der Waals surface area (Å²) in [5.41, 5.74) is -0.444. The Balaban J connectivity index is 1.88. The van der Waals surface area contributed by atoms with Crippen molar-refractivity contribution in [3.8, 4) is 0 Å². The highest BCUT2D eigenvalue weighted by Crippen LogP contribution is 2.15. The van der Waals surface area contributed by atoms with Gasteiger partial charge in [-0.05, 0) is 27.2 Å². The third kappa shape index (κ3) is 3.91. The number of nitrogens with zero attached hydrogens (tertiary/aromatic N) is 2. The van der Waals surface area contributed by atoms with Crippen LogP contribution in [0.3, 0.4) is 0 Å². The molecule has 0 saturated carbocycles. The Kier molecular flexibility index (Phi) is 4.81. The molecular weight excluding hydrogens is 242 g/mol. The Bertz CT molecular complexity index is 314. The smallest absolute Gasteiger partial charge is 0.242 e. The first-order valence-corrected chi connectivity index (χ1v) is 7.36. The maximum atomic E-state index is 12.5. The van der Waals surface area contributed by atoms with Crippen LogP contribution in [0.2, 0.25) is 0 Å². The number of carbonyl (C=O) groups excluding carboxylic acids is 1. The van der Waals surface area contributed by atoms with E-state index in [4.69, 9.17) is 4.74 Å². The van der Waals surface area contributed by atoms with Gasteiger partial charge in [-0.2, -0.15) is 0 Å². The summed E-state index contributed by atoms with van der Waals surface area (Å²) in [6, 6.07) is 0.396. The molecule has 2 aliphatic heterocycles. The van der Waals surface area contributed by atoms with Crippen LogP contribution in [0.4, 0.5) is 0 Å². The fourth-order valence-electron chi connectivity index (χ4n) is 2.90. The predicted molar refractivity (Wildman–Crippen MR) is 75.1 cm³/mol. The van der Waals surface area contributed by atoms with Crippen LogP contribution in [-0.2, 0) is 9.53 Å². The molecule has 0 aliphatic carbocycles. The number of rotatable bonds is 3. The van der Waals surface area contributed by atoms with Gasteiger partial charge >= 0.3 is 0 Å². The lowest BCUT2D eigenvalue weighted by Gasteiger charge is -2.32. The Morgan fingerprint density at radius 3 is 2.63 bits per heavy atom. The van der Waals surface area contributed by atoms with E-state index in [0.29, 0.717) is 6.04 Å². The summed E-state index contributed by atoms with van der Waals surface area (Å²) in [7, 11) is 0. The molecule has 2 saturated heterocycles. The van der Waals surface area contributed by atoms with Gasteiger partial charge in [-0.3, -0.25) is 9.69 Å². The zero-order valence-corrected chi connectivity index (χ0v) is 12.4. The number of hydrogen-bond donors (Lipinski definition) is 1. The molecule has 2 heterocycles. The molecule has 1 unspecified atom stereocenters. The maximum Gasteiger partial charge on any atom is 0.242 e. The number of carbonyl (C=O) groups is 1. The summed E-state index contributed by atoms with van der Waals surface area (Å²) in [6.07, 6.45) is 1.03. The molecule has 19 heavy (non-hydrogen) atoms. The average Bonchev–Trinajstić information content (AvgIpc) is 2.47. The van der Waals surface area contributed by atoms with Gasteiger partial charge < -0.3 is 15.0 Å². The van der Waals surface area contributed by atoms with Gasteiger partial charge in [0.1, 0.15) is 0 Å². The van der Waals surface area contributed by atoms with Crippen LogP contribution in [0, 0.1) is 0 Å². The zero-order valence-electron chi connectivity index (χ0n) is 12.4. The molecule has 0 bridgehead atoms. The number of morpholine rings is 1. The van der Waals surface area contributed by atoms with Crippen molar-refractivity contribution in [2.24, 2.45) is 0 Å². The van der Waals surface area contributed by atoms with Crippen molar-refractivity contribution in [3.05, 3.63) is 0 Å². The molecule has 1 N–H and O–H groups in total. The molecular formula is C14H27N3O2. The van der Waals surface area contributed by atoms with Gasteiger partial charge in [-0.15, -0.1) is 0 Å². The van der Waals surface area contributed by atoms with Gasteiger partial charge in [0.2, 0.25) is 5.91 Å². The molecule has 0 spiro atoms. The van der Waals surface area contributed by atoms with Gasteiger partial charge in [0.15, 0.2) is 0 Å². The molecule has 0 radical (unpaired) electrons. The number of hydrogen-bond acceptors (Lipinski definition) is 4. The Labute approximate surface area is 116 Å². The lowest BCUT2D eigenvalue weighted by Crippen LogP contribution is -2.54. The van der Waals surface area contributed by atoms with Crippen molar-refractivity contribution < 1.29 is 9.53 Å². The molecule has 2 rings (SSSR count). The average molecular weight is 269 g/mol. The molecule has 5 nitrogen and oxygen atoms in total. The number of nitrogens with one attached hydrogen (secondary N) is 1. The van der Waals surface area contributed by atoms with Crippen LogP contribution < -0.4 is 5.32 Å². The highest BCUT2D eigenvalue weighted by Gasteiger charge is 2.35. The number of ether oxygens (including phenoxy) is 1. The molecule has 2 aliphatic rings. The Morgan fingerprint density at radius 2 is 1.95 bits per heavy atom. The van der Waals surface area contributed by atoms with Gasteiger partial charge in [-0.1, -0.05) is 0 Å². The van der Waals surface area contributed by atoms with E-state index in [0.717, 1.165) is 52.4 Å². The highest BCUT2D eigenvalue weighted by atomic mass is 16.5. The van der Waals surface area contributed by atoms with Gasteiger partial charge in [-0.25, -0.2) is 0 Å². The molecule has 2 fully saturated rings. The van der Waals surface area contributed by atoms with Crippen molar-refractivity contribution in [2.45, 2.75) is 38.8 Å².